The fourth-order valence-electron chi connectivity index (χ4n) is 3.37. The number of alkyl carbamates (subject to hydrolysis) is 1. The predicted molar refractivity (Wildman–Crippen MR) is 130 cm³/mol. The average Bonchev–Trinajstić information content (AvgIpc) is 2.82. The Kier molecular flexibility index (Phi) is 8.88. The van der Waals surface area contributed by atoms with Crippen molar-refractivity contribution in [2.45, 2.75) is 32.4 Å². The van der Waals surface area contributed by atoms with Gasteiger partial charge >= 0.3 is 6.09 Å². The molecule has 0 aliphatic carbocycles. The highest BCUT2D eigenvalue weighted by molar-refractivity contribution is 7.98. The van der Waals surface area contributed by atoms with Crippen LogP contribution in [0.5, 0.6) is 0 Å². The summed E-state index contributed by atoms with van der Waals surface area (Å²) in [5.74, 6) is 0.311. The minimum Gasteiger partial charge on any atom is -0.445 e. The second-order valence-electron chi connectivity index (χ2n) is 7.74. The first-order valence-corrected chi connectivity index (χ1v) is 12.1. The number of hydrogen-bond donors (Lipinski definition) is 3. The van der Waals surface area contributed by atoms with Crippen LogP contribution in [0.2, 0.25) is 0 Å². The summed E-state index contributed by atoms with van der Waals surface area (Å²) in [5, 5.41) is 9.67. The Hall–Kier alpha value is -3.33. The Morgan fingerprint density at radius 1 is 1.18 bits per heavy atom. The van der Waals surface area contributed by atoms with E-state index in [0.717, 1.165) is 16.8 Å². The monoisotopic (exact) mass is 468 g/mol. The second kappa shape index (κ2) is 12.1. The number of hydrazone groups is 1. The Morgan fingerprint density at radius 3 is 2.58 bits per heavy atom. The number of anilines is 1. The lowest BCUT2D eigenvalue weighted by Crippen LogP contribution is -2.44. The van der Waals surface area contributed by atoms with Crippen LogP contribution in [0.25, 0.3) is 0 Å². The van der Waals surface area contributed by atoms with Gasteiger partial charge < -0.3 is 15.4 Å². The normalized spacial score (nSPS) is 16.2. The summed E-state index contributed by atoms with van der Waals surface area (Å²) in [5.41, 5.74) is 5.65. The van der Waals surface area contributed by atoms with Crippen LogP contribution in [0.1, 0.15) is 30.9 Å². The van der Waals surface area contributed by atoms with Gasteiger partial charge in [-0.15, -0.1) is 0 Å². The molecular formula is C24H28N4O4S. The minimum atomic E-state index is -0.724. The van der Waals surface area contributed by atoms with Gasteiger partial charge in [-0.3, -0.25) is 9.59 Å². The number of rotatable bonds is 9. The first-order chi connectivity index (χ1) is 16.0. The SMILES string of the molecule is CSCC[C@H](NC(=O)OCc1ccccc1)C(=O)Nc1ccc(C2=NNC(=O)CC2C)cc1. The summed E-state index contributed by atoms with van der Waals surface area (Å²) in [6, 6.07) is 15.9. The molecule has 2 aromatic carbocycles. The molecule has 9 heteroatoms. The molecule has 3 rings (SSSR count). The maximum Gasteiger partial charge on any atom is 0.408 e. The Balaban J connectivity index is 1.58. The third-order valence-electron chi connectivity index (χ3n) is 5.14. The zero-order valence-corrected chi connectivity index (χ0v) is 19.5. The molecule has 3 N–H and O–H groups in total. The molecule has 0 spiro atoms. The van der Waals surface area contributed by atoms with Gasteiger partial charge in [-0.25, -0.2) is 10.2 Å². The van der Waals surface area contributed by atoms with E-state index in [1.165, 1.54) is 0 Å². The molecule has 174 valence electrons. The Morgan fingerprint density at radius 2 is 1.91 bits per heavy atom. The summed E-state index contributed by atoms with van der Waals surface area (Å²) < 4.78 is 5.26. The van der Waals surface area contributed by atoms with Crippen LogP contribution in [-0.2, 0) is 20.9 Å². The molecule has 0 saturated heterocycles. The van der Waals surface area contributed by atoms with E-state index in [4.69, 9.17) is 4.74 Å². The molecule has 1 heterocycles. The van der Waals surface area contributed by atoms with Crippen LogP contribution in [0.15, 0.2) is 59.7 Å². The molecule has 1 unspecified atom stereocenters. The molecule has 0 radical (unpaired) electrons. The van der Waals surface area contributed by atoms with E-state index in [0.29, 0.717) is 24.3 Å². The molecule has 8 nitrogen and oxygen atoms in total. The number of carbonyl (C=O) groups is 3. The van der Waals surface area contributed by atoms with Gasteiger partial charge in [0.05, 0.1) is 5.71 Å². The Bertz CT molecular complexity index is 995. The number of hydrogen-bond acceptors (Lipinski definition) is 6. The third-order valence-corrected chi connectivity index (χ3v) is 5.78. The van der Waals surface area contributed by atoms with Gasteiger partial charge in [0.25, 0.3) is 0 Å². The summed E-state index contributed by atoms with van der Waals surface area (Å²) >= 11 is 1.59. The van der Waals surface area contributed by atoms with E-state index in [-0.39, 0.29) is 24.3 Å². The molecule has 2 atom stereocenters. The number of thioether (sulfide) groups is 1. The van der Waals surface area contributed by atoms with Gasteiger partial charge in [0.15, 0.2) is 0 Å². The highest BCUT2D eigenvalue weighted by atomic mass is 32.2. The molecule has 1 aliphatic rings. The fraction of sp³-hybridized carbons (Fsp3) is 0.333. The van der Waals surface area contributed by atoms with Crippen molar-refractivity contribution in [3.8, 4) is 0 Å². The smallest absolute Gasteiger partial charge is 0.408 e. The number of carbonyl (C=O) groups excluding carboxylic acids is 3. The molecular weight excluding hydrogens is 440 g/mol. The zero-order chi connectivity index (χ0) is 23.6. The first kappa shape index (κ1) is 24.3. The van der Waals surface area contributed by atoms with Crippen LogP contribution < -0.4 is 16.1 Å². The number of amides is 3. The van der Waals surface area contributed by atoms with Gasteiger partial charge in [-0.05, 0) is 41.7 Å². The van der Waals surface area contributed by atoms with Gasteiger partial charge in [0.2, 0.25) is 11.8 Å². The van der Waals surface area contributed by atoms with Crippen LogP contribution >= 0.6 is 11.8 Å². The van der Waals surface area contributed by atoms with Crippen molar-refractivity contribution in [1.29, 1.82) is 0 Å². The quantitative estimate of drug-likeness (QED) is 0.522. The molecule has 0 saturated carbocycles. The van der Waals surface area contributed by atoms with Crippen molar-refractivity contribution in [2.24, 2.45) is 11.0 Å². The number of nitrogens with zero attached hydrogens (tertiary/aromatic N) is 1. The van der Waals surface area contributed by atoms with Crippen molar-refractivity contribution in [3.05, 3.63) is 65.7 Å². The Labute approximate surface area is 197 Å². The van der Waals surface area contributed by atoms with Crippen molar-refractivity contribution in [2.75, 3.05) is 17.3 Å². The van der Waals surface area contributed by atoms with Crippen molar-refractivity contribution >= 4 is 41.1 Å². The summed E-state index contributed by atoms with van der Waals surface area (Å²) in [7, 11) is 0. The van der Waals surface area contributed by atoms with E-state index in [2.05, 4.69) is 21.2 Å². The number of nitrogens with one attached hydrogen (secondary N) is 3. The molecule has 0 fully saturated rings. The lowest BCUT2D eigenvalue weighted by molar-refractivity contribution is -0.122. The lowest BCUT2D eigenvalue weighted by atomic mass is 9.94. The predicted octanol–water partition coefficient (Wildman–Crippen LogP) is 3.53. The molecule has 0 bridgehead atoms. The van der Waals surface area contributed by atoms with E-state index in [9.17, 15) is 14.4 Å². The standard InChI is InChI=1S/C24H28N4O4S/c1-16-14-21(29)27-28-22(16)18-8-10-19(11-9-18)25-23(30)20(12-13-33-2)26-24(31)32-15-17-6-4-3-5-7-17/h3-11,16,20H,12-15H2,1-2H3,(H,25,30)(H,26,31)(H,27,29)/t16?,20-/m0/s1. The van der Waals surface area contributed by atoms with Crippen LogP contribution in [0, 0.1) is 5.92 Å². The summed E-state index contributed by atoms with van der Waals surface area (Å²) in [6.07, 6.45) is 2.17. The maximum absolute atomic E-state index is 12.8. The molecule has 33 heavy (non-hydrogen) atoms. The van der Waals surface area contributed by atoms with Crippen molar-refractivity contribution in [1.82, 2.24) is 10.7 Å². The molecule has 1 aliphatic heterocycles. The van der Waals surface area contributed by atoms with Gasteiger partial charge in [0.1, 0.15) is 12.6 Å². The third kappa shape index (κ3) is 7.35. The number of benzene rings is 2. The molecule has 3 amide bonds. The molecule has 2 aromatic rings. The highest BCUT2D eigenvalue weighted by Gasteiger charge is 2.23. The first-order valence-electron chi connectivity index (χ1n) is 10.7. The van der Waals surface area contributed by atoms with Crippen molar-refractivity contribution in [3.63, 3.8) is 0 Å². The fourth-order valence-corrected chi connectivity index (χ4v) is 3.84. The van der Waals surface area contributed by atoms with Gasteiger partial charge in [-0.2, -0.15) is 16.9 Å². The minimum absolute atomic E-state index is 0.0150. The van der Waals surface area contributed by atoms with Crippen LogP contribution in [0.3, 0.4) is 0 Å². The summed E-state index contributed by atoms with van der Waals surface area (Å²) in [6.45, 7) is 2.08. The van der Waals surface area contributed by atoms with E-state index < -0.39 is 12.1 Å². The summed E-state index contributed by atoms with van der Waals surface area (Å²) in [4.78, 5) is 36.5. The van der Waals surface area contributed by atoms with E-state index in [1.807, 2.05) is 55.6 Å². The maximum atomic E-state index is 12.8. The average molecular weight is 469 g/mol. The second-order valence-corrected chi connectivity index (χ2v) is 8.73. The zero-order valence-electron chi connectivity index (χ0n) is 18.7. The van der Waals surface area contributed by atoms with Crippen LogP contribution in [0.4, 0.5) is 10.5 Å². The highest BCUT2D eigenvalue weighted by Crippen LogP contribution is 2.19. The molecule has 0 aromatic heterocycles. The lowest BCUT2D eigenvalue weighted by Gasteiger charge is -2.20. The largest absolute Gasteiger partial charge is 0.445 e. The van der Waals surface area contributed by atoms with Crippen molar-refractivity contribution < 1.29 is 19.1 Å². The van der Waals surface area contributed by atoms with E-state index >= 15 is 0 Å². The van der Waals surface area contributed by atoms with Gasteiger partial charge in [0, 0.05) is 18.0 Å². The van der Waals surface area contributed by atoms with E-state index in [1.54, 1.807) is 23.9 Å². The van der Waals surface area contributed by atoms with Gasteiger partial charge in [-0.1, -0.05) is 49.4 Å². The number of ether oxygens (including phenoxy) is 1. The topological polar surface area (TPSA) is 109 Å². The van der Waals surface area contributed by atoms with Crippen LogP contribution in [-0.4, -0.2) is 41.7 Å².